The van der Waals surface area contributed by atoms with Gasteiger partial charge in [-0.3, -0.25) is 4.79 Å². The van der Waals surface area contributed by atoms with Gasteiger partial charge in [0.15, 0.2) is 0 Å². The first-order valence-corrected chi connectivity index (χ1v) is 6.08. The summed E-state index contributed by atoms with van der Waals surface area (Å²) in [4.78, 5) is 16.0. The maximum atomic E-state index is 12.0. The number of carbonyl (C=O) groups excluding carboxylic acids is 1. The number of morpholine rings is 1. The third-order valence-corrected chi connectivity index (χ3v) is 3.74. The van der Waals surface area contributed by atoms with E-state index in [2.05, 4.69) is 6.92 Å². The number of nitrogens with zero attached hydrogens (tertiary/aromatic N) is 1. The van der Waals surface area contributed by atoms with Crippen LogP contribution < -0.4 is 0 Å². The predicted octanol–water partition coefficient (Wildman–Crippen LogP) is 1.78. The Labute approximate surface area is 93.7 Å². The summed E-state index contributed by atoms with van der Waals surface area (Å²) in [6, 6.07) is 3.97. The van der Waals surface area contributed by atoms with E-state index in [1.54, 1.807) is 11.3 Å². The number of hydrogen-bond acceptors (Lipinski definition) is 3. The molecular formula is C11H15NO2S. The standard InChI is InChI=1S/C11H15NO2S/c1-2-9-3-4-10(15-9)11(13)12-5-7-14-8-6-12/h3-4H,2,5-8H2,1H3. The Hall–Kier alpha value is -0.870. The fourth-order valence-electron chi connectivity index (χ4n) is 1.61. The molecule has 0 spiro atoms. The number of rotatable bonds is 2. The van der Waals surface area contributed by atoms with Crippen LogP contribution in [0.2, 0.25) is 0 Å². The Morgan fingerprint density at radius 1 is 1.47 bits per heavy atom. The average molecular weight is 225 g/mol. The lowest BCUT2D eigenvalue weighted by Gasteiger charge is -2.26. The molecule has 0 atom stereocenters. The van der Waals surface area contributed by atoms with E-state index in [9.17, 15) is 4.79 Å². The Morgan fingerprint density at radius 2 is 2.20 bits per heavy atom. The van der Waals surface area contributed by atoms with Crippen LogP contribution in [0.5, 0.6) is 0 Å². The molecule has 0 saturated carbocycles. The van der Waals surface area contributed by atoms with Crippen LogP contribution in [0.15, 0.2) is 12.1 Å². The van der Waals surface area contributed by atoms with Crippen molar-refractivity contribution in [3.8, 4) is 0 Å². The molecule has 0 aromatic carbocycles. The van der Waals surface area contributed by atoms with Gasteiger partial charge in [-0.1, -0.05) is 6.92 Å². The number of amides is 1. The molecule has 3 nitrogen and oxygen atoms in total. The van der Waals surface area contributed by atoms with Crippen LogP contribution in [0.1, 0.15) is 21.5 Å². The zero-order chi connectivity index (χ0) is 10.7. The van der Waals surface area contributed by atoms with Gasteiger partial charge in [-0.2, -0.15) is 0 Å². The molecule has 1 aliphatic rings. The largest absolute Gasteiger partial charge is 0.378 e. The molecule has 1 aromatic heterocycles. The molecule has 0 bridgehead atoms. The van der Waals surface area contributed by atoms with Gasteiger partial charge >= 0.3 is 0 Å². The van der Waals surface area contributed by atoms with Crippen molar-refractivity contribution in [3.63, 3.8) is 0 Å². The molecule has 1 amide bonds. The Balaban J connectivity index is 2.05. The molecule has 15 heavy (non-hydrogen) atoms. The third kappa shape index (κ3) is 2.38. The molecule has 4 heteroatoms. The van der Waals surface area contributed by atoms with Gasteiger partial charge in [-0.15, -0.1) is 11.3 Å². The molecule has 0 radical (unpaired) electrons. The smallest absolute Gasteiger partial charge is 0.264 e. The van der Waals surface area contributed by atoms with Gasteiger partial charge in [0.25, 0.3) is 5.91 Å². The van der Waals surface area contributed by atoms with Gasteiger partial charge in [0, 0.05) is 18.0 Å². The highest BCUT2D eigenvalue weighted by Crippen LogP contribution is 2.19. The van der Waals surface area contributed by atoms with Gasteiger partial charge in [0.2, 0.25) is 0 Å². The minimum absolute atomic E-state index is 0.156. The molecule has 1 aliphatic heterocycles. The van der Waals surface area contributed by atoms with Crippen LogP contribution >= 0.6 is 11.3 Å². The first kappa shape index (κ1) is 10.6. The van der Waals surface area contributed by atoms with Crippen molar-refractivity contribution in [1.29, 1.82) is 0 Å². The monoisotopic (exact) mass is 225 g/mol. The number of ether oxygens (including phenoxy) is 1. The number of carbonyl (C=O) groups is 1. The Bertz CT molecular complexity index is 342. The third-order valence-electron chi connectivity index (χ3n) is 2.52. The van der Waals surface area contributed by atoms with Crippen LogP contribution in [-0.4, -0.2) is 37.1 Å². The van der Waals surface area contributed by atoms with E-state index >= 15 is 0 Å². The second kappa shape index (κ2) is 4.77. The summed E-state index contributed by atoms with van der Waals surface area (Å²) in [5.74, 6) is 0.156. The van der Waals surface area contributed by atoms with Crippen molar-refractivity contribution >= 4 is 17.2 Å². The van der Waals surface area contributed by atoms with Crippen LogP contribution in [0.3, 0.4) is 0 Å². The minimum atomic E-state index is 0.156. The second-order valence-corrected chi connectivity index (χ2v) is 4.69. The zero-order valence-electron chi connectivity index (χ0n) is 8.86. The van der Waals surface area contributed by atoms with E-state index in [0.29, 0.717) is 13.2 Å². The quantitative estimate of drug-likeness (QED) is 0.768. The highest BCUT2D eigenvalue weighted by atomic mass is 32.1. The Morgan fingerprint density at radius 3 is 2.80 bits per heavy atom. The zero-order valence-corrected chi connectivity index (χ0v) is 9.68. The lowest BCUT2D eigenvalue weighted by atomic mass is 10.3. The topological polar surface area (TPSA) is 29.5 Å². The summed E-state index contributed by atoms with van der Waals surface area (Å²) in [7, 11) is 0. The van der Waals surface area contributed by atoms with Crippen LogP contribution in [0, 0.1) is 0 Å². The van der Waals surface area contributed by atoms with Crippen molar-refractivity contribution in [2.75, 3.05) is 26.3 Å². The molecule has 1 aromatic rings. The average Bonchev–Trinajstić information content (AvgIpc) is 2.78. The van der Waals surface area contributed by atoms with E-state index in [1.807, 2.05) is 17.0 Å². The normalized spacial score (nSPS) is 16.7. The molecule has 82 valence electrons. The molecule has 2 heterocycles. The molecule has 0 N–H and O–H groups in total. The van der Waals surface area contributed by atoms with Crippen molar-refractivity contribution in [2.45, 2.75) is 13.3 Å². The summed E-state index contributed by atoms with van der Waals surface area (Å²) < 4.78 is 5.22. The summed E-state index contributed by atoms with van der Waals surface area (Å²) in [5, 5.41) is 0. The van der Waals surface area contributed by atoms with E-state index < -0.39 is 0 Å². The van der Waals surface area contributed by atoms with Crippen LogP contribution in [0.4, 0.5) is 0 Å². The van der Waals surface area contributed by atoms with E-state index in [4.69, 9.17) is 4.74 Å². The molecule has 1 saturated heterocycles. The van der Waals surface area contributed by atoms with Crippen LogP contribution in [-0.2, 0) is 11.2 Å². The Kier molecular flexibility index (Phi) is 3.38. The SMILES string of the molecule is CCc1ccc(C(=O)N2CCOCC2)s1. The molecule has 0 unspecified atom stereocenters. The first-order chi connectivity index (χ1) is 7.31. The van der Waals surface area contributed by atoms with Crippen molar-refractivity contribution in [3.05, 3.63) is 21.9 Å². The maximum absolute atomic E-state index is 12.0. The molecule has 1 fully saturated rings. The van der Waals surface area contributed by atoms with Crippen molar-refractivity contribution in [2.24, 2.45) is 0 Å². The van der Waals surface area contributed by atoms with Gasteiger partial charge < -0.3 is 9.64 Å². The highest BCUT2D eigenvalue weighted by molar-refractivity contribution is 7.14. The van der Waals surface area contributed by atoms with Gasteiger partial charge in [-0.05, 0) is 18.6 Å². The fraction of sp³-hybridized carbons (Fsp3) is 0.545. The number of thiophene rings is 1. The minimum Gasteiger partial charge on any atom is -0.378 e. The van der Waals surface area contributed by atoms with Crippen LogP contribution in [0.25, 0.3) is 0 Å². The van der Waals surface area contributed by atoms with Crippen molar-refractivity contribution in [1.82, 2.24) is 4.90 Å². The lowest BCUT2D eigenvalue weighted by molar-refractivity contribution is 0.0306. The summed E-state index contributed by atoms with van der Waals surface area (Å²) in [6.45, 7) is 4.88. The molecule has 2 rings (SSSR count). The second-order valence-electron chi connectivity index (χ2n) is 3.52. The lowest BCUT2D eigenvalue weighted by Crippen LogP contribution is -2.40. The number of hydrogen-bond donors (Lipinski definition) is 0. The maximum Gasteiger partial charge on any atom is 0.264 e. The fourth-order valence-corrected chi connectivity index (χ4v) is 2.52. The van der Waals surface area contributed by atoms with Gasteiger partial charge in [0.1, 0.15) is 0 Å². The molecule has 0 aliphatic carbocycles. The van der Waals surface area contributed by atoms with Gasteiger partial charge in [-0.25, -0.2) is 0 Å². The van der Waals surface area contributed by atoms with E-state index in [-0.39, 0.29) is 5.91 Å². The van der Waals surface area contributed by atoms with Gasteiger partial charge in [0.05, 0.1) is 18.1 Å². The highest BCUT2D eigenvalue weighted by Gasteiger charge is 2.19. The predicted molar refractivity (Wildman–Crippen MR) is 60.4 cm³/mol. The van der Waals surface area contributed by atoms with Crippen molar-refractivity contribution < 1.29 is 9.53 Å². The summed E-state index contributed by atoms with van der Waals surface area (Å²) >= 11 is 1.60. The molecular weight excluding hydrogens is 210 g/mol. The summed E-state index contributed by atoms with van der Waals surface area (Å²) in [6.07, 6.45) is 1.00. The van der Waals surface area contributed by atoms with E-state index in [1.165, 1.54) is 4.88 Å². The first-order valence-electron chi connectivity index (χ1n) is 5.27. The van der Waals surface area contributed by atoms with E-state index in [0.717, 1.165) is 24.4 Å². The number of aryl methyl sites for hydroxylation is 1. The summed E-state index contributed by atoms with van der Waals surface area (Å²) in [5.41, 5.74) is 0.